The molecule has 0 saturated heterocycles. The Balaban J connectivity index is 1.59. The average molecular weight is 408 g/mol. The smallest absolute Gasteiger partial charge is 0.287 e. The summed E-state index contributed by atoms with van der Waals surface area (Å²) in [7, 11) is 0. The van der Waals surface area contributed by atoms with E-state index >= 15 is 0 Å². The molecule has 2 amide bonds. The second kappa shape index (κ2) is 12.8. The lowest BCUT2D eigenvalue weighted by molar-refractivity contribution is 0.0273. The zero-order valence-electron chi connectivity index (χ0n) is 16.9. The molecule has 0 radical (unpaired) electrons. The topological polar surface area (TPSA) is 161 Å². The van der Waals surface area contributed by atoms with Gasteiger partial charge in [-0.2, -0.15) is 0 Å². The zero-order chi connectivity index (χ0) is 20.9. The Morgan fingerprint density at radius 2 is 1.83 bits per heavy atom. The molecular formula is C19H33N7O3. The molecule has 1 fully saturated rings. The lowest BCUT2D eigenvalue weighted by Gasteiger charge is -2.21. The van der Waals surface area contributed by atoms with E-state index in [-0.39, 0.29) is 29.3 Å². The highest BCUT2D eigenvalue weighted by atomic mass is 16.5. The lowest BCUT2D eigenvalue weighted by atomic mass is 9.98. The molecule has 29 heavy (non-hydrogen) atoms. The Morgan fingerprint density at radius 1 is 1.10 bits per heavy atom. The fourth-order valence-electron chi connectivity index (χ4n) is 3.13. The zero-order valence-corrected chi connectivity index (χ0v) is 16.9. The van der Waals surface area contributed by atoms with Crippen molar-refractivity contribution in [2.45, 2.75) is 57.5 Å². The monoisotopic (exact) mass is 407 g/mol. The number of aromatic amines is 1. The van der Waals surface area contributed by atoms with E-state index in [2.05, 4.69) is 25.6 Å². The first-order valence-electron chi connectivity index (χ1n) is 10.3. The van der Waals surface area contributed by atoms with Crippen molar-refractivity contribution in [2.24, 2.45) is 16.5 Å². The van der Waals surface area contributed by atoms with E-state index in [1.165, 1.54) is 25.5 Å². The molecule has 0 aliphatic heterocycles. The largest absolute Gasteiger partial charge is 0.378 e. The SMILES string of the molecule is NC(N)=NCCCCNC(=O)c1cnc(C(=O)NCCCOC2CCCCC2)[nH]1. The first-order chi connectivity index (χ1) is 14.1. The number of aromatic nitrogens is 2. The summed E-state index contributed by atoms with van der Waals surface area (Å²) in [6, 6.07) is 0. The summed E-state index contributed by atoms with van der Waals surface area (Å²) in [5.41, 5.74) is 10.7. The van der Waals surface area contributed by atoms with Crippen molar-refractivity contribution in [2.75, 3.05) is 26.2 Å². The lowest BCUT2D eigenvalue weighted by Crippen LogP contribution is -2.28. The van der Waals surface area contributed by atoms with Gasteiger partial charge in [0.05, 0.1) is 12.3 Å². The third kappa shape index (κ3) is 8.95. The Labute approximate surface area is 171 Å². The summed E-state index contributed by atoms with van der Waals surface area (Å²) in [4.78, 5) is 34.8. The highest BCUT2D eigenvalue weighted by Crippen LogP contribution is 2.20. The van der Waals surface area contributed by atoms with E-state index in [0.717, 1.165) is 32.1 Å². The number of hydrogen-bond donors (Lipinski definition) is 5. The van der Waals surface area contributed by atoms with Crippen LogP contribution in [0.25, 0.3) is 0 Å². The number of nitrogens with one attached hydrogen (secondary N) is 3. The van der Waals surface area contributed by atoms with Crippen LogP contribution in [0.1, 0.15) is 72.5 Å². The Hall–Kier alpha value is -2.62. The molecule has 10 heteroatoms. The van der Waals surface area contributed by atoms with Crippen molar-refractivity contribution >= 4 is 17.8 Å². The summed E-state index contributed by atoms with van der Waals surface area (Å²) >= 11 is 0. The molecule has 0 unspecified atom stereocenters. The van der Waals surface area contributed by atoms with Gasteiger partial charge in [-0.1, -0.05) is 19.3 Å². The third-order valence-corrected chi connectivity index (χ3v) is 4.71. The predicted molar refractivity (Wildman–Crippen MR) is 111 cm³/mol. The van der Waals surface area contributed by atoms with E-state index in [0.29, 0.717) is 32.3 Å². The number of carbonyl (C=O) groups is 2. The summed E-state index contributed by atoms with van der Waals surface area (Å²) in [6.07, 6.45) is 10.1. The fourth-order valence-corrected chi connectivity index (χ4v) is 3.13. The van der Waals surface area contributed by atoms with E-state index < -0.39 is 0 Å². The quantitative estimate of drug-likeness (QED) is 0.194. The van der Waals surface area contributed by atoms with Gasteiger partial charge in [-0.15, -0.1) is 0 Å². The molecule has 1 aromatic rings. The number of hydrogen-bond acceptors (Lipinski definition) is 5. The highest BCUT2D eigenvalue weighted by molar-refractivity contribution is 5.95. The van der Waals surface area contributed by atoms with Crippen molar-refractivity contribution in [1.29, 1.82) is 0 Å². The molecular weight excluding hydrogens is 374 g/mol. The van der Waals surface area contributed by atoms with Gasteiger partial charge in [0.25, 0.3) is 11.8 Å². The second-order valence-corrected chi connectivity index (χ2v) is 7.16. The van der Waals surface area contributed by atoms with Gasteiger partial charge >= 0.3 is 0 Å². The Morgan fingerprint density at radius 3 is 2.59 bits per heavy atom. The number of rotatable bonds is 12. The summed E-state index contributed by atoms with van der Waals surface area (Å²) in [5.74, 6) is -0.455. The number of nitrogens with zero attached hydrogens (tertiary/aromatic N) is 2. The van der Waals surface area contributed by atoms with E-state index in [9.17, 15) is 9.59 Å². The molecule has 7 N–H and O–H groups in total. The van der Waals surface area contributed by atoms with Crippen LogP contribution in [0.2, 0.25) is 0 Å². The molecule has 162 valence electrons. The van der Waals surface area contributed by atoms with E-state index in [1.807, 2.05) is 0 Å². The third-order valence-electron chi connectivity index (χ3n) is 4.71. The molecule has 10 nitrogen and oxygen atoms in total. The van der Waals surface area contributed by atoms with Gasteiger partial charge in [-0.3, -0.25) is 14.6 Å². The van der Waals surface area contributed by atoms with E-state index in [4.69, 9.17) is 16.2 Å². The van der Waals surface area contributed by atoms with Crippen LogP contribution >= 0.6 is 0 Å². The number of aliphatic imine (C=N–C) groups is 1. The maximum Gasteiger partial charge on any atom is 0.287 e. The molecule has 1 saturated carbocycles. The van der Waals surface area contributed by atoms with Crippen molar-refractivity contribution in [1.82, 2.24) is 20.6 Å². The van der Waals surface area contributed by atoms with Crippen molar-refractivity contribution in [3.63, 3.8) is 0 Å². The molecule has 1 heterocycles. The molecule has 0 atom stereocenters. The van der Waals surface area contributed by atoms with Gasteiger partial charge in [0.2, 0.25) is 0 Å². The number of carbonyl (C=O) groups excluding carboxylic acids is 2. The van der Waals surface area contributed by atoms with Crippen molar-refractivity contribution in [3.05, 3.63) is 17.7 Å². The highest BCUT2D eigenvalue weighted by Gasteiger charge is 2.15. The Kier molecular flexibility index (Phi) is 9.98. The number of amides is 2. The number of H-pyrrole nitrogens is 1. The Bertz CT molecular complexity index is 665. The van der Waals surface area contributed by atoms with Gasteiger partial charge in [0.15, 0.2) is 11.8 Å². The van der Waals surface area contributed by atoms with Gasteiger partial charge < -0.3 is 31.8 Å². The molecule has 0 spiro atoms. The summed E-state index contributed by atoms with van der Waals surface area (Å²) in [6.45, 7) is 2.15. The van der Waals surface area contributed by atoms with Crippen LogP contribution in [0, 0.1) is 0 Å². The normalized spacial score (nSPS) is 14.3. The number of imidazole rings is 1. The molecule has 2 rings (SSSR count). The van der Waals surface area contributed by atoms with Crippen LogP contribution in [0.5, 0.6) is 0 Å². The fraction of sp³-hybridized carbons (Fsp3) is 0.684. The standard InChI is InChI=1S/C19H33N7O3/c20-19(21)24-10-5-4-9-22-17(27)15-13-25-16(26-15)18(28)23-11-6-12-29-14-7-2-1-3-8-14/h13-14H,1-12H2,(H,22,27)(H,23,28)(H,25,26)(H4,20,21,24). The first kappa shape index (κ1) is 22.7. The minimum Gasteiger partial charge on any atom is -0.378 e. The molecule has 1 aliphatic carbocycles. The molecule has 1 aliphatic rings. The van der Waals surface area contributed by atoms with E-state index in [1.54, 1.807) is 0 Å². The maximum absolute atomic E-state index is 12.1. The number of guanidine groups is 1. The van der Waals surface area contributed by atoms with Crippen LogP contribution in [0.15, 0.2) is 11.2 Å². The minimum atomic E-state index is -0.334. The van der Waals surface area contributed by atoms with Crippen LogP contribution in [-0.4, -0.2) is 60.1 Å². The number of ether oxygens (including phenoxy) is 1. The molecule has 0 bridgehead atoms. The number of unbranched alkanes of at least 4 members (excludes halogenated alkanes) is 1. The summed E-state index contributed by atoms with van der Waals surface area (Å²) in [5, 5.41) is 5.55. The molecule has 1 aromatic heterocycles. The van der Waals surface area contributed by atoms with Gasteiger partial charge in [-0.25, -0.2) is 4.98 Å². The van der Waals surface area contributed by atoms with Crippen molar-refractivity contribution in [3.8, 4) is 0 Å². The van der Waals surface area contributed by atoms with Crippen LogP contribution in [0.3, 0.4) is 0 Å². The minimum absolute atomic E-state index is 0.0639. The van der Waals surface area contributed by atoms with Gasteiger partial charge in [-0.05, 0) is 32.1 Å². The average Bonchev–Trinajstić information content (AvgIpc) is 3.21. The molecule has 0 aromatic carbocycles. The number of nitrogens with two attached hydrogens (primary N) is 2. The first-order valence-corrected chi connectivity index (χ1v) is 10.3. The predicted octanol–water partition coefficient (Wildman–Crippen LogP) is 0.662. The van der Waals surface area contributed by atoms with Crippen LogP contribution in [-0.2, 0) is 4.74 Å². The van der Waals surface area contributed by atoms with Crippen LogP contribution < -0.4 is 22.1 Å². The van der Waals surface area contributed by atoms with Gasteiger partial charge in [0, 0.05) is 26.2 Å². The van der Waals surface area contributed by atoms with Crippen LogP contribution in [0.4, 0.5) is 0 Å². The van der Waals surface area contributed by atoms with Gasteiger partial charge in [0.1, 0.15) is 5.69 Å². The van der Waals surface area contributed by atoms with Crippen molar-refractivity contribution < 1.29 is 14.3 Å². The second-order valence-electron chi connectivity index (χ2n) is 7.16. The maximum atomic E-state index is 12.1. The summed E-state index contributed by atoms with van der Waals surface area (Å²) < 4.78 is 5.83.